The predicted molar refractivity (Wildman–Crippen MR) is 107 cm³/mol. The number of rotatable bonds is 4. The van der Waals surface area contributed by atoms with E-state index in [1.807, 2.05) is 11.0 Å². The number of carbonyl (C=O) groups is 1. The summed E-state index contributed by atoms with van der Waals surface area (Å²) >= 11 is 0. The lowest BCUT2D eigenvalue weighted by Crippen LogP contribution is -2.56. The van der Waals surface area contributed by atoms with E-state index in [4.69, 9.17) is 5.26 Å². The lowest BCUT2D eigenvalue weighted by molar-refractivity contribution is -0.159. The number of hydrogen-bond donors (Lipinski definition) is 0. The van der Waals surface area contributed by atoms with E-state index in [1.165, 1.54) is 25.1 Å². The van der Waals surface area contributed by atoms with E-state index in [0.717, 1.165) is 17.0 Å². The number of anilines is 1. The molecule has 4 rings (SSSR count). The molecule has 2 fully saturated rings. The molecule has 0 spiro atoms. The van der Waals surface area contributed by atoms with Crippen LogP contribution in [0.4, 0.5) is 23.4 Å². The standard InChI is InChI=1S/C22H21F4N5O/c1-14-12-30(9-10-31(14)18-8-7-17(11-27)28-29-18)19(32)22(25,26)16-5-3-15(4-6-16)20(2)13-21(20,23)24/h3-8,14H,9-10,12-13H2,1-2H3/t14-,20?/m0/s1. The third kappa shape index (κ3) is 3.55. The van der Waals surface area contributed by atoms with Crippen LogP contribution in [-0.2, 0) is 16.1 Å². The summed E-state index contributed by atoms with van der Waals surface area (Å²) in [6.45, 7) is 3.56. The quantitative estimate of drug-likeness (QED) is 0.671. The number of carbonyl (C=O) groups excluding carboxylic acids is 1. The van der Waals surface area contributed by atoms with Crippen LogP contribution in [0.1, 0.15) is 37.1 Å². The van der Waals surface area contributed by atoms with Crippen molar-refractivity contribution < 1.29 is 22.4 Å². The largest absolute Gasteiger partial charge is 0.349 e. The molecular weight excluding hydrogens is 426 g/mol. The van der Waals surface area contributed by atoms with Crippen molar-refractivity contribution in [1.29, 1.82) is 5.26 Å². The van der Waals surface area contributed by atoms with Gasteiger partial charge in [0.2, 0.25) is 0 Å². The molecule has 1 aliphatic heterocycles. The molecule has 32 heavy (non-hydrogen) atoms. The van der Waals surface area contributed by atoms with E-state index < -0.39 is 28.7 Å². The molecule has 1 aromatic heterocycles. The molecule has 1 amide bonds. The van der Waals surface area contributed by atoms with Crippen molar-refractivity contribution in [2.45, 2.75) is 43.6 Å². The highest BCUT2D eigenvalue weighted by Gasteiger charge is 2.68. The summed E-state index contributed by atoms with van der Waals surface area (Å²) in [7, 11) is 0. The molecule has 2 atom stereocenters. The molecule has 2 aliphatic rings. The number of hydrogen-bond acceptors (Lipinski definition) is 5. The number of nitrogens with zero attached hydrogens (tertiary/aromatic N) is 5. The highest BCUT2D eigenvalue weighted by molar-refractivity contribution is 5.85. The number of benzene rings is 1. The summed E-state index contributed by atoms with van der Waals surface area (Å²) in [5.74, 6) is -7.45. The molecule has 10 heteroatoms. The molecule has 0 bridgehead atoms. The van der Waals surface area contributed by atoms with E-state index in [2.05, 4.69) is 10.2 Å². The van der Waals surface area contributed by atoms with Crippen molar-refractivity contribution >= 4 is 11.7 Å². The molecule has 1 aromatic carbocycles. The topological polar surface area (TPSA) is 73.1 Å². The van der Waals surface area contributed by atoms with E-state index in [1.54, 1.807) is 13.0 Å². The number of amides is 1. The zero-order valence-electron chi connectivity index (χ0n) is 17.5. The third-order valence-electron chi connectivity index (χ3n) is 6.39. The maximum absolute atomic E-state index is 15.0. The summed E-state index contributed by atoms with van der Waals surface area (Å²) in [6.07, 6.45) is -0.319. The minimum atomic E-state index is -3.78. The van der Waals surface area contributed by atoms with Gasteiger partial charge in [-0.1, -0.05) is 24.3 Å². The van der Waals surface area contributed by atoms with E-state index in [0.29, 0.717) is 5.82 Å². The number of aromatic nitrogens is 2. The van der Waals surface area contributed by atoms with Crippen LogP contribution in [0.5, 0.6) is 0 Å². The molecule has 2 heterocycles. The normalized spacial score (nSPS) is 24.7. The van der Waals surface area contributed by atoms with Gasteiger partial charge in [0.15, 0.2) is 11.5 Å². The first-order valence-corrected chi connectivity index (χ1v) is 10.2. The van der Waals surface area contributed by atoms with E-state index >= 15 is 0 Å². The third-order valence-corrected chi connectivity index (χ3v) is 6.39. The summed E-state index contributed by atoms with van der Waals surface area (Å²) < 4.78 is 57.0. The van der Waals surface area contributed by atoms with Gasteiger partial charge < -0.3 is 9.80 Å². The minimum absolute atomic E-state index is 0.0540. The van der Waals surface area contributed by atoms with Gasteiger partial charge in [0.25, 0.3) is 11.8 Å². The maximum Gasteiger partial charge on any atom is 0.349 e. The van der Waals surface area contributed by atoms with Gasteiger partial charge in [-0.2, -0.15) is 14.0 Å². The first kappa shape index (κ1) is 22.0. The van der Waals surface area contributed by atoms with Gasteiger partial charge in [0, 0.05) is 37.7 Å². The Balaban J connectivity index is 1.45. The van der Waals surface area contributed by atoms with Gasteiger partial charge in [-0.05, 0) is 31.5 Å². The first-order valence-electron chi connectivity index (χ1n) is 10.2. The van der Waals surface area contributed by atoms with Crippen molar-refractivity contribution in [3.63, 3.8) is 0 Å². The second kappa shape index (κ2) is 7.43. The van der Waals surface area contributed by atoms with Crippen LogP contribution >= 0.6 is 0 Å². The molecule has 1 unspecified atom stereocenters. The van der Waals surface area contributed by atoms with Gasteiger partial charge in [-0.3, -0.25) is 4.79 Å². The van der Waals surface area contributed by atoms with Crippen LogP contribution < -0.4 is 4.90 Å². The van der Waals surface area contributed by atoms with Crippen molar-refractivity contribution in [1.82, 2.24) is 15.1 Å². The summed E-state index contributed by atoms with van der Waals surface area (Å²) in [4.78, 5) is 15.6. The average Bonchev–Trinajstić information content (AvgIpc) is 3.31. The SMILES string of the molecule is C[C@H]1CN(C(=O)C(F)(F)c2ccc(C3(C)CC3(F)F)cc2)CCN1c1ccc(C#N)nn1. The lowest BCUT2D eigenvalue weighted by Gasteiger charge is -2.41. The molecule has 2 aromatic rings. The molecule has 0 radical (unpaired) electrons. The molecule has 0 N–H and O–H groups in total. The van der Waals surface area contributed by atoms with E-state index in [-0.39, 0.29) is 43.4 Å². The van der Waals surface area contributed by atoms with Crippen LogP contribution in [0.3, 0.4) is 0 Å². The number of piperazine rings is 1. The molecule has 1 saturated heterocycles. The average molecular weight is 447 g/mol. The van der Waals surface area contributed by atoms with Crippen LogP contribution in [-0.4, -0.2) is 52.6 Å². The van der Waals surface area contributed by atoms with Crippen LogP contribution in [0, 0.1) is 11.3 Å². The van der Waals surface area contributed by atoms with Crippen molar-refractivity contribution in [2.75, 3.05) is 24.5 Å². The second-order valence-corrected chi connectivity index (χ2v) is 8.55. The Bertz CT molecular complexity index is 1070. The van der Waals surface area contributed by atoms with Crippen molar-refractivity contribution in [3.05, 3.63) is 53.2 Å². The summed E-state index contributed by atoms with van der Waals surface area (Å²) in [6, 6.07) is 9.33. The number of alkyl halides is 4. The smallest absolute Gasteiger partial charge is 0.349 e. The summed E-state index contributed by atoms with van der Waals surface area (Å²) in [5, 5.41) is 16.6. The van der Waals surface area contributed by atoms with Gasteiger partial charge in [-0.15, -0.1) is 10.2 Å². The Kier molecular flexibility index (Phi) is 5.11. The lowest BCUT2D eigenvalue weighted by atomic mass is 9.95. The Morgan fingerprint density at radius 2 is 1.81 bits per heavy atom. The van der Waals surface area contributed by atoms with Crippen molar-refractivity contribution in [3.8, 4) is 6.07 Å². The van der Waals surface area contributed by atoms with E-state index in [9.17, 15) is 22.4 Å². The Hall–Kier alpha value is -3.22. The highest BCUT2D eigenvalue weighted by atomic mass is 19.3. The fourth-order valence-electron chi connectivity index (χ4n) is 4.10. The zero-order valence-corrected chi connectivity index (χ0v) is 17.5. The fraction of sp³-hybridized carbons (Fsp3) is 0.455. The second-order valence-electron chi connectivity index (χ2n) is 8.55. The minimum Gasteiger partial charge on any atom is -0.349 e. The molecule has 6 nitrogen and oxygen atoms in total. The van der Waals surface area contributed by atoms with Gasteiger partial charge >= 0.3 is 5.92 Å². The molecule has 1 aliphatic carbocycles. The predicted octanol–water partition coefficient (Wildman–Crippen LogP) is 3.47. The summed E-state index contributed by atoms with van der Waals surface area (Å²) in [5.41, 5.74) is -1.42. The zero-order chi connectivity index (χ0) is 23.3. The fourth-order valence-corrected chi connectivity index (χ4v) is 4.10. The Morgan fingerprint density at radius 1 is 1.16 bits per heavy atom. The van der Waals surface area contributed by atoms with Gasteiger partial charge in [0.05, 0.1) is 5.41 Å². The number of nitriles is 1. The monoisotopic (exact) mass is 447 g/mol. The van der Waals surface area contributed by atoms with Gasteiger partial charge in [-0.25, -0.2) is 8.78 Å². The number of halogens is 4. The van der Waals surface area contributed by atoms with Crippen LogP contribution in [0.2, 0.25) is 0 Å². The molecule has 1 saturated carbocycles. The van der Waals surface area contributed by atoms with Gasteiger partial charge in [0.1, 0.15) is 6.07 Å². The van der Waals surface area contributed by atoms with Crippen LogP contribution in [0.25, 0.3) is 0 Å². The maximum atomic E-state index is 15.0. The molecular formula is C22H21F4N5O. The molecule has 168 valence electrons. The Morgan fingerprint density at radius 3 is 2.31 bits per heavy atom. The first-order chi connectivity index (χ1) is 15.0. The Labute approximate surface area is 182 Å². The highest BCUT2D eigenvalue weighted by Crippen LogP contribution is 2.61. The van der Waals surface area contributed by atoms with Crippen LogP contribution in [0.15, 0.2) is 36.4 Å². The van der Waals surface area contributed by atoms with Crippen molar-refractivity contribution in [2.24, 2.45) is 0 Å².